The fraction of sp³-hybridized carbons (Fsp3) is 0.296. The zero-order chi connectivity index (χ0) is 21.2. The van der Waals surface area contributed by atoms with Crippen molar-refractivity contribution in [2.24, 2.45) is 0 Å². The topological polar surface area (TPSA) is 38.3 Å². The third kappa shape index (κ3) is 6.77. The number of carbonyl (C=O) groups is 1. The molecule has 0 aliphatic carbocycles. The Bertz CT molecular complexity index is 850. The number of carbonyl (C=O) groups excluding carboxylic acids is 1. The molecular weight excluding hydrogens is 370 g/mol. The van der Waals surface area contributed by atoms with Crippen LogP contribution in [0.25, 0.3) is 0 Å². The first-order valence-electron chi connectivity index (χ1n) is 10.7. The highest BCUT2D eigenvalue weighted by atomic mass is 16.5. The third-order valence-electron chi connectivity index (χ3n) is 5.05. The maximum Gasteiger partial charge on any atom is 0.220 e. The van der Waals surface area contributed by atoms with E-state index in [-0.39, 0.29) is 17.9 Å². The highest BCUT2D eigenvalue weighted by Gasteiger charge is 2.17. The third-order valence-corrected chi connectivity index (χ3v) is 5.05. The van der Waals surface area contributed by atoms with Gasteiger partial charge in [-0.25, -0.2) is 0 Å². The molecule has 0 aliphatic heterocycles. The van der Waals surface area contributed by atoms with Crippen LogP contribution < -0.4 is 10.1 Å². The van der Waals surface area contributed by atoms with E-state index < -0.39 is 0 Å². The molecule has 156 valence electrons. The van der Waals surface area contributed by atoms with Gasteiger partial charge in [-0.05, 0) is 55.5 Å². The zero-order valence-electron chi connectivity index (χ0n) is 17.9. The molecule has 0 saturated heterocycles. The first-order valence-corrected chi connectivity index (χ1v) is 10.7. The van der Waals surface area contributed by atoms with Crippen molar-refractivity contribution in [1.82, 2.24) is 5.32 Å². The van der Waals surface area contributed by atoms with Crippen LogP contribution in [0, 0.1) is 0 Å². The summed E-state index contributed by atoms with van der Waals surface area (Å²) < 4.78 is 5.68. The number of benzene rings is 3. The molecule has 0 aromatic heterocycles. The van der Waals surface area contributed by atoms with Crippen molar-refractivity contribution >= 4 is 5.91 Å². The standard InChI is InChI=1S/C27H31NO2/c1-21(2)30-25-17-15-22(16-18-25)10-9-19-28-27(29)20-26(23-11-5-3-6-12-23)24-13-7-4-8-14-24/h3-8,11-18,21,26H,9-10,19-20H2,1-2H3,(H,28,29). The summed E-state index contributed by atoms with van der Waals surface area (Å²) in [6, 6.07) is 28.7. The second-order valence-electron chi connectivity index (χ2n) is 7.84. The summed E-state index contributed by atoms with van der Waals surface area (Å²) in [7, 11) is 0. The Hall–Kier alpha value is -3.07. The molecule has 30 heavy (non-hydrogen) atoms. The highest BCUT2D eigenvalue weighted by molar-refractivity contribution is 5.77. The molecule has 3 heteroatoms. The average molecular weight is 402 g/mol. The molecule has 3 aromatic rings. The molecule has 0 radical (unpaired) electrons. The quantitative estimate of drug-likeness (QED) is 0.440. The molecule has 0 bridgehead atoms. The van der Waals surface area contributed by atoms with E-state index in [4.69, 9.17) is 4.74 Å². The predicted molar refractivity (Wildman–Crippen MR) is 123 cm³/mol. The first kappa shape index (κ1) is 21.6. The van der Waals surface area contributed by atoms with Crippen LogP contribution in [0.2, 0.25) is 0 Å². The van der Waals surface area contributed by atoms with Gasteiger partial charge >= 0.3 is 0 Å². The van der Waals surface area contributed by atoms with Crippen molar-refractivity contribution in [2.45, 2.75) is 45.1 Å². The van der Waals surface area contributed by atoms with Gasteiger partial charge in [-0.15, -0.1) is 0 Å². The number of hydrogen-bond acceptors (Lipinski definition) is 2. The minimum atomic E-state index is 0.0703. The molecule has 3 aromatic carbocycles. The number of nitrogens with one attached hydrogen (secondary N) is 1. The second-order valence-corrected chi connectivity index (χ2v) is 7.84. The van der Waals surface area contributed by atoms with E-state index in [0.29, 0.717) is 13.0 Å². The Kier molecular flexibility index (Phi) is 8.08. The number of aryl methyl sites for hydroxylation is 1. The van der Waals surface area contributed by atoms with E-state index >= 15 is 0 Å². The van der Waals surface area contributed by atoms with E-state index in [0.717, 1.165) is 18.6 Å². The fourth-order valence-corrected chi connectivity index (χ4v) is 3.58. The predicted octanol–water partition coefficient (Wildman–Crippen LogP) is 5.74. The van der Waals surface area contributed by atoms with Gasteiger partial charge < -0.3 is 10.1 Å². The molecule has 3 nitrogen and oxygen atoms in total. The Labute approximate surface area is 180 Å². The van der Waals surface area contributed by atoms with Crippen LogP contribution in [-0.2, 0) is 11.2 Å². The van der Waals surface area contributed by atoms with Crippen LogP contribution in [0.3, 0.4) is 0 Å². The minimum Gasteiger partial charge on any atom is -0.491 e. The van der Waals surface area contributed by atoms with Crippen LogP contribution in [0.1, 0.15) is 49.3 Å². The second kappa shape index (κ2) is 11.2. The van der Waals surface area contributed by atoms with Gasteiger partial charge in [-0.3, -0.25) is 4.79 Å². The molecule has 0 heterocycles. The summed E-state index contributed by atoms with van der Waals surface area (Å²) in [5, 5.41) is 3.10. The van der Waals surface area contributed by atoms with Crippen LogP contribution >= 0.6 is 0 Å². The Morgan fingerprint density at radius 3 is 1.93 bits per heavy atom. The SMILES string of the molecule is CC(C)Oc1ccc(CCCNC(=O)CC(c2ccccc2)c2ccccc2)cc1. The van der Waals surface area contributed by atoms with Gasteiger partial charge in [0.25, 0.3) is 0 Å². The van der Waals surface area contributed by atoms with Gasteiger partial charge in [0, 0.05) is 18.9 Å². The summed E-state index contributed by atoms with van der Waals surface area (Å²) in [5.74, 6) is 1.06. The van der Waals surface area contributed by atoms with E-state index in [1.54, 1.807) is 0 Å². The van der Waals surface area contributed by atoms with Crippen molar-refractivity contribution in [1.29, 1.82) is 0 Å². The molecule has 0 atom stereocenters. The molecule has 3 rings (SSSR count). The van der Waals surface area contributed by atoms with Gasteiger partial charge in [0.2, 0.25) is 5.91 Å². The molecule has 1 amide bonds. The number of hydrogen-bond donors (Lipinski definition) is 1. The summed E-state index contributed by atoms with van der Waals surface area (Å²) in [4.78, 5) is 12.6. The summed E-state index contributed by atoms with van der Waals surface area (Å²) >= 11 is 0. The van der Waals surface area contributed by atoms with Crippen molar-refractivity contribution in [2.75, 3.05) is 6.54 Å². The van der Waals surface area contributed by atoms with Crippen LogP contribution in [0.15, 0.2) is 84.9 Å². The van der Waals surface area contributed by atoms with Crippen molar-refractivity contribution < 1.29 is 9.53 Å². The minimum absolute atomic E-state index is 0.0703. The van der Waals surface area contributed by atoms with Gasteiger partial charge in [0.05, 0.1) is 6.10 Å². The monoisotopic (exact) mass is 401 g/mol. The normalized spacial score (nSPS) is 10.9. The fourth-order valence-electron chi connectivity index (χ4n) is 3.58. The molecule has 0 fully saturated rings. The summed E-state index contributed by atoms with van der Waals surface area (Å²) in [6.45, 7) is 4.73. The molecular formula is C27H31NO2. The van der Waals surface area contributed by atoms with Gasteiger partial charge in [-0.2, -0.15) is 0 Å². The maximum atomic E-state index is 12.6. The van der Waals surface area contributed by atoms with Gasteiger partial charge in [0.15, 0.2) is 0 Å². The first-order chi connectivity index (χ1) is 14.6. The number of ether oxygens (including phenoxy) is 1. The molecule has 1 N–H and O–H groups in total. The molecule has 0 saturated carbocycles. The molecule has 0 unspecified atom stereocenters. The van der Waals surface area contributed by atoms with Crippen LogP contribution in [0.4, 0.5) is 0 Å². The lowest BCUT2D eigenvalue weighted by Crippen LogP contribution is -2.26. The lowest BCUT2D eigenvalue weighted by atomic mass is 9.88. The van der Waals surface area contributed by atoms with Crippen molar-refractivity contribution in [3.63, 3.8) is 0 Å². The largest absolute Gasteiger partial charge is 0.491 e. The lowest BCUT2D eigenvalue weighted by Gasteiger charge is -2.18. The van der Waals surface area contributed by atoms with Crippen molar-refractivity contribution in [3.8, 4) is 5.75 Å². The number of amides is 1. The van der Waals surface area contributed by atoms with E-state index in [2.05, 4.69) is 41.7 Å². The van der Waals surface area contributed by atoms with Gasteiger partial charge in [-0.1, -0.05) is 72.8 Å². The Morgan fingerprint density at radius 1 is 0.833 bits per heavy atom. The summed E-state index contributed by atoms with van der Waals surface area (Å²) in [5.41, 5.74) is 3.59. The Morgan fingerprint density at radius 2 is 1.40 bits per heavy atom. The summed E-state index contributed by atoms with van der Waals surface area (Å²) in [6.07, 6.45) is 2.48. The van der Waals surface area contributed by atoms with E-state index in [1.807, 2.05) is 62.4 Å². The van der Waals surface area contributed by atoms with Gasteiger partial charge in [0.1, 0.15) is 5.75 Å². The van der Waals surface area contributed by atoms with Crippen LogP contribution in [0.5, 0.6) is 5.75 Å². The maximum absolute atomic E-state index is 12.6. The van der Waals surface area contributed by atoms with E-state index in [9.17, 15) is 4.79 Å². The molecule has 0 spiro atoms. The van der Waals surface area contributed by atoms with Crippen LogP contribution in [-0.4, -0.2) is 18.6 Å². The number of rotatable bonds is 10. The zero-order valence-corrected chi connectivity index (χ0v) is 17.9. The smallest absolute Gasteiger partial charge is 0.220 e. The average Bonchev–Trinajstić information content (AvgIpc) is 2.77. The lowest BCUT2D eigenvalue weighted by molar-refractivity contribution is -0.121. The van der Waals surface area contributed by atoms with E-state index in [1.165, 1.54) is 16.7 Å². The highest BCUT2D eigenvalue weighted by Crippen LogP contribution is 2.27. The Balaban J connectivity index is 1.49. The molecule has 0 aliphatic rings. The van der Waals surface area contributed by atoms with Crippen molar-refractivity contribution in [3.05, 3.63) is 102 Å².